The van der Waals surface area contributed by atoms with Gasteiger partial charge in [0.1, 0.15) is 13.7 Å². The van der Waals surface area contributed by atoms with E-state index < -0.39 is 0 Å². The topological polar surface area (TPSA) is 45.5 Å². The van der Waals surface area contributed by atoms with Gasteiger partial charge in [0.05, 0.1) is 5.69 Å². The molecule has 4 heterocycles. The molecule has 1 fully saturated rings. The van der Waals surface area contributed by atoms with E-state index in [0.717, 1.165) is 47.8 Å². The Balaban J connectivity index is 1.19. The van der Waals surface area contributed by atoms with Crippen molar-refractivity contribution in [3.63, 3.8) is 0 Å². The van der Waals surface area contributed by atoms with Crippen LogP contribution in [0.3, 0.4) is 0 Å². The second kappa shape index (κ2) is 9.89. The van der Waals surface area contributed by atoms with Crippen LogP contribution in [0, 0.1) is 12.8 Å². The summed E-state index contributed by atoms with van der Waals surface area (Å²) in [5, 5.41) is 10.4. The fourth-order valence-corrected chi connectivity index (χ4v) is 6.78. The van der Waals surface area contributed by atoms with Crippen LogP contribution >= 0.6 is 22.9 Å². The molecule has 0 saturated carbocycles. The molecule has 1 saturated heterocycles. The number of nitrogens with one attached hydrogen (secondary N) is 1. The third kappa shape index (κ3) is 4.51. The maximum Gasteiger partial charge on any atom is 0.151 e. The lowest BCUT2D eigenvalue weighted by molar-refractivity contribution is 0.174. The molecular weight excluding hydrogens is 485 g/mol. The second-order valence-electron chi connectivity index (χ2n) is 9.84. The smallest absolute Gasteiger partial charge is 0.151 e. The molecule has 0 aliphatic carbocycles. The summed E-state index contributed by atoms with van der Waals surface area (Å²) in [4.78, 5) is 9.00. The lowest BCUT2D eigenvalue weighted by Gasteiger charge is -2.33. The quantitative estimate of drug-likeness (QED) is 0.319. The number of rotatable bonds is 6. The molecule has 0 bridgehead atoms. The number of aromatic nitrogens is 3. The third-order valence-electron chi connectivity index (χ3n) is 7.28. The third-order valence-corrected chi connectivity index (χ3v) is 8.87. The number of hydrogen-bond acceptors (Lipinski definition) is 5. The van der Waals surface area contributed by atoms with Gasteiger partial charge in [-0.1, -0.05) is 48.0 Å². The van der Waals surface area contributed by atoms with Crippen LogP contribution in [0.2, 0.25) is 5.02 Å². The van der Waals surface area contributed by atoms with Crippen LogP contribution in [0.5, 0.6) is 0 Å². The van der Waals surface area contributed by atoms with Crippen molar-refractivity contribution in [3.8, 4) is 11.3 Å². The Bertz CT molecular complexity index is 1540. The summed E-state index contributed by atoms with van der Waals surface area (Å²) in [6.07, 6.45) is 4.34. The zero-order valence-corrected chi connectivity index (χ0v) is 22.2. The van der Waals surface area contributed by atoms with Gasteiger partial charge < -0.3 is 5.32 Å². The summed E-state index contributed by atoms with van der Waals surface area (Å²) in [5.74, 6) is 1.54. The number of likely N-dealkylation sites (tertiary alicyclic amines) is 1. The molecule has 1 N–H and O–H groups in total. The average Bonchev–Trinajstić information content (AvgIpc) is 3.42. The normalized spacial score (nSPS) is 16.7. The number of benzene rings is 2. The van der Waals surface area contributed by atoms with Crippen molar-refractivity contribution in [1.82, 2.24) is 19.5 Å². The molecule has 1 atom stereocenters. The van der Waals surface area contributed by atoms with E-state index in [2.05, 4.69) is 52.6 Å². The van der Waals surface area contributed by atoms with Crippen LogP contribution < -0.4 is 10.8 Å². The first-order valence-corrected chi connectivity index (χ1v) is 13.8. The minimum absolute atomic E-state index is 0.581. The van der Waals surface area contributed by atoms with E-state index in [0.29, 0.717) is 10.9 Å². The highest BCUT2D eigenvalue weighted by molar-refractivity contribution is 7.19. The zero-order valence-electron chi connectivity index (χ0n) is 20.7. The Morgan fingerprint density at radius 1 is 1.17 bits per heavy atom. The highest BCUT2D eigenvalue weighted by Gasteiger charge is 2.22. The Morgan fingerprint density at radius 2 is 2.00 bits per heavy atom. The fraction of sp³-hybridized carbons (Fsp3) is 0.286. The molecule has 0 radical (unpaired) electrons. The van der Waals surface area contributed by atoms with E-state index in [1.54, 1.807) is 0 Å². The molecule has 1 aliphatic rings. The Labute approximate surface area is 221 Å². The van der Waals surface area contributed by atoms with Crippen LogP contribution in [-0.4, -0.2) is 47.0 Å². The van der Waals surface area contributed by atoms with Crippen LogP contribution in [-0.2, 0) is 6.54 Å². The maximum absolute atomic E-state index is 6.51. The lowest BCUT2D eigenvalue weighted by Crippen LogP contribution is -2.37. The van der Waals surface area contributed by atoms with Gasteiger partial charge in [0.2, 0.25) is 0 Å². The number of piperidine rings is 1. The highest BCUT2D eigenvalue weighted by atomic mass is 35.5. The number of hydrogen-bond donors (Lipinski definition) is 1. The maximum atomic E-state index is 6.51. The average molecular weight is 514 g/mol. The molecule has 1 unspecified atom stereocenters. The first kappa shape index (κ1) is 23.5. The number of thiophene rings is 1. The van der Waals surface area contributed by atoms with Crippen LogP contribution in [0.15, 0.2) is 60.8 Å². The predicted molar refractivity (Wildman–Crippen MR) is 155 cm³/mol. The van der Waals surface area contributed by atoms with E-state index in [-0.39, 0.29) is 0 Å². The van der Waals surface area contributed by atoms with Crippen molar-refractivity contribution in [3.05, 3.63) is 76.3 Å². The van der Waals surface area contributed by atoms with Gasteiger partial charge in [0.15, 0.2) is 5.65 Å². The summed E-state index contributed by atoms with van der Waals surface area (Å²) in [5.41, 5.74) is 5.16. The Hall–Kier alpha value is -2.87. The standard InChI is InChI=1S/C28H29BClN5S/c1-18-20-8-3-5-11-25(20)36-26(18)17-34-12-6-7-19(16-34)14-31-27-13-24(21-9-2-4-10-23(21)30)33-28-22(29)15-32-35(27)28/h2-5,8-11,13,15,19,31H,6-7,12,14,16-17,29H2,1H3. The van der Waals surface area contributed by atoms with E-state index >= 15 is 0 Å². The zero-order chi connectivity index (χ0) is 24.6. The molecular formula is C28H29BClN5S. The number of fused-ring (bicyclic) bond motifs is 2. The molecule has 5 nitrogen and oxygen atoms in total. The van der Waals surface area contributed by atoms with Gasteiger partial charge in [-0.25, -0.2) is 4.98 Å². The number of halogens is 1. The molecule has 8 heteroatoms. The first-order valence-electron chi connectivity index (χ1n) is 12.6. The summed E-state index contributed by atoms with van der Waals surface area (Å²) in [6.45, 7) is 6.48. The summed E-state index contributed by atoms with van der Waals surface area (Å²) >= 11 is 8.45. The molecule has 36 heavy (non-hydrogen) atoms. The van der Waals surface area contributed by atoms with Crippen LogP contribution in [0.4, 0.5) is 5.82 Å². The van der Waals surface area contributed by atoms with Crippen molar-refractivity contribution < 1.29 is 0 Å². The molecule has 2 aromatic carbocycles. The molecule has 5 aromatic rings. The van der Waals surface area contributed by atoms with E-state index in [4.69, 9.17) is 16.6 Å². The first-order chi connectivity index (χ1) is 17.6. The minimum Gasteiger partial charge on any atom is -0.370 e. The summed E-state index contributed by atoms with van der Waals surface area (Å²) in [7, 11) is 2.05. The lowest BCUT2D eigenvalue weighted by atomic mass is 9.97. The van der Waals surface area contributed by atoms with Gasteiger partial charge in [-0.3, -0.25) is 4.90 Å². The monoisotopic (exact) mass is 513 g/mol. The van der Waals surface area contributed by atoms with Gasteiger partial charge in [0.25, 0.3) is 0 Å². The van der Waals surface area contributed by atoms with Gasteiger partial charge in [-0.05, 0) is 60.8 Å². The van der Waals surface area contributed by atoms with E-state index in [9.17, 15) is 0 Å². The number of anilines is 1. The molecule has 182 valence electrons. The molecule has 3 aromatic heterocycles. The summed E-state index contributed by atoms with van der Waals surface area (Å²) < 4.78 is 3.31. The second-order valence-corrected chi connectivity index (χ2v) is 11.4. The van der Waals surface area contributed by atoms with Gasteiger partial charge in [-0.2, -0.15) is 9.61 Å². The van der Waals surface area contributed by atoms with Crippen LogP contribution in [0.25, 0.3) is 27.0 Å². The van der Waals surface area contributed by atoms with Crippen molar-refractivity contribution >= 4 is 57.8 Å². The summed E-state index contributed by atoms with van der Waals surface area (Å²) in [6, 6.07) is 18.7. The minimum atomic E-state index is 0.581. The Morgan fingerprint density at radius 3 is 2.86 bits per heavy atom. The van der Waals surface area contributed by atoms with Crippen molar-refractivity contribution in [2.75, 3.05) is 25.0 Å². The molecule has 1 aliphatic heterocycles. The van der Waals surface area contributed by atoms with Gasteiger partial charge in [0, 0.05) is 52.1 Å². The van der Waals surface area contributed by atoms with Crippen molar-refractivity contribution in [2.45, 2.75) is 26.3 Å². The SMILES string of the molecule is Bc1cnn2c(NCC3CCCN(Cc4sc5ccccc5c4C)C3)cc(-c3ccccc3Cl)nc12. The van der Waals surface area contributed by atoms with Gasteiger partial charge in [-0.15, -0.1) is 11.3 Å². The number of aryl methyl sites for hydroxylation is 1. The van der Waals surface area contributed by atoms with Crippen molar-refractivity contribution in [1.29, 1.82) is 0 Å². The number of nitrogens with zero attached hydrogens (tertiary/aromatic N) is 4. The fourth-order valence-electron chi connectivity index (χ4n) is 5.29. The highest BCUT2D eigenvalue weighted by Crippen LogP contribution is 2.33. The van der Waals surface area contributed by atoms with Crippen LogP contribution in [0.1, 0.15) is 23.3 Å². The largest absolute Gasteiger partial charge is 0.370 e. The van der Waals surface area contributed by atoms with Crippen molar-refractivity contribution in [2.24, 2.45) is 5.92 Å². The van der Waals surface area contributed by atoms with E-state index in [1.807, 2.05) is 54.2 Å². The molecule has 0 amide bonds. The molecule has 0 spiro atoms. The predicted octanol–water partition coefficient (Wildman–Crippen LogP) is 5.16. The van der Waals surface area contributed by atoms with E-state index in [1.165, 1.54) is 39.9 Å². The Kier molecular flexibility index (Phi) is 6.46. The van der Waals surface area contributed by atoms with Gasteiger partial charge >= 0.3 is 0 Å². The molecule has 6 rings (SSSR count).